The lowest BCUT2D eigenvalue weighted by Gasteiger charge is -2.27. The molecular formula is C13H25N3O2. The van der Waals surface area contributed by atoms with Crippen LogP contribution >= 0.6 is 0 Å². The van der Waals surface area contributed by atoms with Crippen LogP contribution in [0.4, 0.5) is 0 Å². The minimum Gasteiger partial charge on any atom is -0.379 e. The molecule has 0 aromatic carbocycles. The third kappa shape index (κ3) is 3.02. The molecule has 2 fully saturated rings. The number of amides is 1. The van der Waals surface area contributed by atoms with Crippen molar-refractivity contribution >= 4 is 5.91 Å². The fraction of sp³-hybridized carbons (Fsp3) is 0.923. The SMILES string of the molecule is CCC1(C)NCN(CCCN2CCOCC2)C1=O. The number of ether oxygens (including phenoxy) is 1. The third-order valence-electron chi connectivity index (χ3n) is 4.13. The van der Waals surface area contributed by atoms with Gasteiger partial charge >= 0.3 is 0 Å². The zero-order valence-electron chi connectivity index (χ0n) is 11.6. The van der Waals surface area contributed by atoms with Crippen LogP contribution in [0, 0.1) is 0 Å². The largest absolute Gasteiger partial charge is 0.379 e. The Hall–Kier alpha value is -0.650. The molecule has 1 atom stereocenters. The molecule has 1 amide bonds. The molecule has 0 radical (unpaired) electrons. The summed E-state index contributed by atoms with van der Waals surface area (Å²) in [4.78, 5) is 16.5. The Bertz CT molecular complexity index is 292. The van der Waals surface area contributed by atoms with E-state index in [0.717, 1.165) is 52.2 Å². The molecule has 1 N–H and O–H groups in total. The Kier molecular flexibility index (Phi) is 4.59. The highest BCUT2D eigenvalue weighted by molar-refractivity contribution is 5.87. The van der Waals surface area contributed by atoms with Crippen LogP contribution in [0.1, 0.15) is 26.7 Å². The van der Waals surface area contributed by atoms with E-state index in [2.05, 4.69) is 17.1 Å². The number of morpholine rings is 1. The molecule has 2 heterocycles. The number of rotatable bonds is 5. The number of hydrogen-bond donors (Lipinski definition) is 1. The first-order chi connectivity index (χ1) is 8.65. The van der Waals surface area contributed by atoms with Gasteiger partial charge in [0.25, 0.3) is 0 Å². The Labute approximate surface area is 109 Å². The molecule has 5 nitrogen and oxygen atoms in total. The number of carbonyl (C=O) groups is 1. The van der Waals surface area contributed by atoms with Crippen LogP contribution in [0.15, 0.2) is 0 Å². The van der Waals surface area contributed by atoms with E-state index in [-0.39, 0.29) is 11.4 Å². The van der Waals surface area contributed by atoms with Crippen LogP contribution in [-0.4, -0.2) is 67.3 Å². The van der Waals surface area contributed by atoms with Crippen molar-refractivity contribution in [3.8, 4) is 0 Å². The highest BCUT2D eigenvalue weighted by Gasteiger charge is 2.40. The van der Waals surface area contributed by atoms with E-state index < -0.39 is 0 Å². The maximum atomic E-state index is 12.2. The van der Waals surface area contributed by atoms with Crippen molar-refractivity contribution in [1.29, 1.82) is 0 Å². The average Bonchev–Trinajstić information content (AvgIpc) is 2.69. The maximum absolute atomic E-state index is 12.2. The topological polar surface area (TPSA) is 44.8 Å². The third-order valence-corrected chi connectivity index (χ3v) is 4.13. The molecule has 0 spiro atoms. The summed E-state index contributed by atoms with van der Waals surface area (Å²) >= 11 is 0. The van der Waals surface area contributed by atoms with Crippen LogP contribution in [-0.2, 0) is 9.53 Å². The van der Waals surface area contributed by atoms with Crippen molar-refractivity contribution in [1.82, 2.24) is 15.1 Å². The summed E-state index contributed by atoms with van der Waals surface area (Å²) in [5.74, 6) is 0.256. The molecule has 2 rings (SSSR count). The van der Waals surface area contributed by atoms with Gasteiger partial charge in [-0.2, -0.15) is 0 Å². The van der Waals surface area contributed by atoms with Crippen molar-refractivity contribution in [2.24, 2.45) is 0 Å². The zero-order chi connectivity index (χ0) is 13.0. The van der Waals surface area contributed by atoms with Crippen molar-refractivity contribution in [2.45, 2.75) is 32.2 Å². The summed E-state index contributed by atoms with van der Waals surface area (Å²) in [6.45, 7) is 10.4. The molecule has 18 heavy (non-hydrogen) atoms. The number of nitrogens with one attached hydrogen (secondary N) is 1. The van der Waals surface area contributed by atoms with E-state index in [4.69, 9.17) is 4.74 Å². The molecule has 2 aliphatic rings. The van der Waals surface area contributed by atoms with Gasteiger partial charge in [0.05, 0.1) is 25.4 Å². The monoisotopic (exact) mass is 255 g/mol. The van der Waals surface area contributed by atoms with Crippen molar-refractivity contribution in [3.05, 3.63) is 0 Å². The summed E-state index contributed by atoms with van der Waals surface area (Å²) in [6, 6.07) is 0. The second-order valence-corrected chi connectivity index (χ2v) is 5.40. The fourth-order valence-electron chi connectivity index (χ4n) is 2.53. The standard InChI is InChI=1S/C13H25N3O2/c1-3-13(2)12(17)16(11-14-13)6-4-5-15-7-9-18-10-8-15/h14H,3-11H2,1-2H3. The Morgan fingerprint density at radius 2 is 2.06 bits per heavy atom. The highest BCUT2D eigenvalue weighted by atomic mass is 16.5. The van der Waals surface area contributed by atoms with Crippen molar-refractivity contribution in [3.63, 3.8) is 0 Å². The lowest BCUT2D eigenvalue weighted by Crippen LogP contribution is -2.43. The summed E-state index contributed by atoms with van der Waals surface area (Å²) in [5, 5.41) is 3.31. The molecule has 0 aromatic heterocycles. The van der Waals surface area contributed by atoms with E-state index in [9.17, 15) is 4.79 Å². The molecular weight excluding hydrogens is 230 g/mol. The quantitative estimate of drug-likeness (QED) is 0.766. The van der Waals surface area contributed by atoms with Gasteiger partial charge in [-0.1, -0.05) is 6.92 Å². The predicted molar refractivity (Wildman–Crippen MR) is 70.3 cm³/mol. The van der Waals surface area contributed by atoms with Crippen molar-refractivity contribution in [2.75, 3.05) is 46.1 Å². The van der Waals surface area contributed by atoms with Gasteiger partial charge in [-0.3, -0.25) is 15.0 Å². The maximum Gasteiger partial charge on any atom is 0.243 e. The molecule has 0 aromatic rings. The molecule has 1 unspecified atom stereocenters. The number of hydrogen-bond acceptors (Lipinski definition) is 4. The van der Waals surface area contributed by atoms with E-state index in [1.54, 1.807) is 0 Å². The van der Waals surface area contributed by atoms with Crippen molar-refractivity contribution < 1.29 is 9.53 Å². The van der Waals surface area contributed by atoms with E-state index >= 15 is 0 Å². The van der Waals surface area contributed by atoms with E-state index in [1.807, 2.05) is 11.8 Å². The molecule has 0 bridgehead atoms. The minimum atomic E-state index is -0.334. The number of nitrogens with zero attached hydrogens (tertiary/aromatic N) is 2. The van der Waals surface area contributed by atoms with Crippen LogP contribution in [0.3, 0.4) is 0 Å². The molecule has 5 heteroatoms. The first-order valence-electron chi connectivity index (χ1n) is 7.00. The van der Waals surface area contributed by atoms with Crippen LogP contribution in [0.25, 0.3) is 0 Å². The molecule has 0 aliphatic carbocycles. The second-order valence-electron chi connectivity index (χ2n) is 5.40. The van der Waals surface area contributed by atoms with Gasteiger partial charge in [0.15, 0.2) is 0 Å². The van der Waals surface area contributed by atoms with Gasteiger partial charge in [0, 0.05) is 26.2 Å². The molecule has 0 saturated carbocycles. The predicted octanol–water partition coefficient (Wildman–Crippen LogP) is 0.267. The first-order valence-corrected chi connectivity index (χ1v) is 7.00. The van der Waals surface area contributed by atoms with Crippen LogP contribution in [0.5, 0.6) is 0 Å². The second kappa shape index (κ2) is 5.99. The average molecular weight is 255 g/mol. The Morgan fingerprint density at radius 3 is 2.67 bits per heavy atom. The minimum absolute atomic E-state index is 0.256. The summed E-state index contributed by atoms with van der Waals surface area (Å²) in [5.41, 5.74) is -0.334. The lowest BCUT2D eigenvalue weighted by atomic mass is 9.99. The number of carbonyl (C=O) groups excluding carboxylic acids is 1. The smallest absolute Gasteiger partial charge is 0.243 e. The van der Waals surface area contributed by atoms with Gasteiger partial charge < -0.3 is 9.64 Å². The Balaban J connectivity index is 1.69. The lowest BCUT2D eigenvalue weighted by molar-refractivity contribution is -0.132. The van der Waals surface area contributed by atoms with E-state index in [1.165, 1.54) is 0 Å². The van der Waals surface area contributed by atoms with Gasteiger partial charge in [0.1, 0.15) is 0 Å². The summed E-state index contributed by atoms with van der Waals surface area (Å²) < 4.78 is 5.32. The summed E-state index contributed by atoms with van der Waals surface area (Å²) in [7, 11) is 0. The molecule has 2 saturated heterocycles. The molecule has 2 aliphatic heterocycles. The zero-order valence-corrected chi connectivity index (χ0v) is 11.6. The van der Waals surface area contributed by atoms with Crippen LogP contribution in [0.2, 0.25) is 0 Å². The Morgan fingerprint density at radius 1 is 1.33 bits per heavy atom. The van der Waals surface area contributed by atoms with Crippen LogP contribution < -0.4 is 5.32 Å². The van der Waals surface area contributed by atoms with Gasteiger partial charge in [-0.15, -0.1) is 0 Å². The van der Waals surface area contributed by atoms with Gasteiger partial charge in [-0.25, -0.2) is 0 Å². The van der Waals surface area contributed by atoms with Gasteiger partial charge in [0.2, 0.25) is 5.91 Å². The fourth-order valence-corrected chi connectivity index (χ4v) is 2.53. The highest BCUT2D eigenvalue weighted by Crippen LogP contribution is 2.19. The summed E-state index contributed by atoms with van der Waals surface area (Å²) in [6.07, 6.45) is 1.90. The van der Waals surface area contributed by atoms with Gasteiger partial charge in [-0.05, 0) is 19.8 Å². The normalized spacial score (nSPS) is 30.1. The van der Waals surface area contributed by atoms with E-state index in [0.29, 0.717) is 6.67 Å². The first kappa shape index (κ1) is 13.8. The molecule has 104 valence electrons.